The minimum absolute atomic E-state index is 0.0710. The normalized spacial score (nSPS) is 9.42. The molecule has 24 heavy (non-hydrogen) atoms. The van der Waals surface area contributed by atoms with Gasteiger partial charge in [-0.2, -0.15) is 0 Å². The van der Waals surface area contributed by atoms with Crippen molar-refractivity contribution in [1.82, 2.24) is 11.0 Å². The zero-order valence-electron chi connectivity index (χ0n) is 13.0. The van der Waals surface area contributed by atoms with Crippen molar-refractivity contribution in [2.45, 2.75) is 13.8 Å². The minimum Gasteiger partial charge on any atom is -0.448 e. The van der Waals surface area contributed by atoms with Gasteiger partial charge in [0.15, 0.2) is 0 Å². The van der Waals surface area contributed by atoms with E-state index in [1.165, 1.54) is 24.3 Å². The number of ether oxygens (including phenoxy) is 2. The lowest BCUT2D eigenvalue weighted by atomic mass is 10.1. The Morgan fingerprint density at radius 2 is 1.08 bits per heavy atom. The molecule has 130 valence electrons. The highest BCUT2D eigenvalue weighted by Crippen LogP contribution is 2.07. The summed E-state index contributed by atoms with van der Waals surface area (Å²) in [5, 5.41) is 0. The molecule has 1 aromatic carbocycles. The van der Waals surface area contributed by atoms with Gasteiger partial charge in [0.25, 0.3) is 0 Å². The molecule has 10 nitrogen and oxygen atoms in total. The summed E-state index contributed by atoms with van der Waals surface area (Å²) in [7, 11) is 0. The second-order valence-electron chi connectivity index (χ2n) is 4.00. The maximum absolute atomic E-state index is 11.6. The number of hydroxylamine groups is 2. The van der Waals surface area contributed by atoms with E-state index in [0.717, 1.165) is 0 Å². The highest BCUT2D eigenvalue weighted by molar-refractivity contribution is 5.93. The molecule has 0 unspecified atom stereocenters. The molecular weight excluding hydrogens is 324 g/mol. The first-order chi connectivity index (χ1) is 11.5. The predicted octanol–water partition coefficient (Wildman–Crippen LogP) is 1.32. The van der Waals surface area contributed by atoms with Crippen LogP contribution in [0.2, 0.25) is 0 Å². The molecule has 0 radical (unpaired) electrons. The number of hydrogen-bond donors (Lipinski definition) is 2. The zero-order chi connectivity index (χ0) is 17.9. The van der Waals surface area contributed by atoms with Crippen molar-refractivity contribution >= 4 is 24.1 Å². The van der Waals surface area contributed by atoms with Crippen molar-refractivity contribution in [2.75, 3.05) is 13.2 Å². The van der Waals surface area contributed by atoms with E-state index in [0.29, 0.717) is 0 Å². The Morgan fingerprint density at radius 3 is 1.38 bits per heavy atom. The molecule has 0 bridgehead atoms. The van der Waals surface area contributed by atoms with Crippen LogP contribution in [0.5, 0.6) is 0 Å². The Hall–Kier alpha value is -3.30. The van der Waals surface area contributed by atoms with Crippen LogP contribution in [0.3, 0.4) is 0 Å². The third kappa shape index (κ3) is 6.22. The lowest BCUT2D eigenvalue weighted by Crippen LogP contribution is -2.28. The largest absolute Gasteiger partial charge is 0.448 e. The number of nitrogens with one attached hydrogen (secondary N) is 2. The Kier molecular flexibility index (Phi) is 7.55. The second-order valence-corrected chi connectivity index (χ2v) is 4.00. The first-order valence-electron chi connectivity index (χ1n) is 6.85. The molecule has 0 fully saturated rings. The second kappa shape index (κ2) is 9.66. The molecule has 10 heteroatoms. The van der Waals surface area contributed by atoms with Gasteiger partial charge in [-0.1, -0.05) is 0 Å². The van der Waals surface area contributed by atoms with Gasteiger partial charge in [0, 0.05) is 0 Å². The monoisotopic (exact) mass is 340 g/mol. The van der Waals surface area contributed by atoms with Crippen LogP contribution in [-0.4, -0.2) is 37.3 Å². The Morgan fingerprint density at radius 1 is 0.750 bits per heavy atom. The predicted molar refractivity (Wildman–Crippen MR) is 77.6 cm³/mol. The van der Waals surface area contributed by atoms with E-state index in [1.54, 1.807) is 24.8 Å². The van der Waals surface area contributed by atoms with E-state index in [9.17, 15) is 19.2 Å². The van der Waals surface area contributed by atoms with Crippen molar-refractivity contribution in [3.63, 3.8) is 0 Å². The number of carbonyl (C=O) groups excluding carboxylic acids is 4. The summed E-state index contributed by atoms with van der Waals surface area (Å²) < 4.78 is 9.02. The molecule has 0 saturated heterocycles. The fourth-order valence-corrected chi connectivity index (χ4v) is 1.36. The topological polar surface area (TPSA) is 129 Å². The molecule has 0 aromatic heterocycles. The van der Waals surface area contributed by atoms with Gasteiger partial charge < -0.3 is 19.1 Å². The summed E-state index contributed by atoms with van der Waals surface area (Å²) in [6, 6.07) is 5.10. The van der Waals surface area contributed by atoms with Crippen molar-refractivity contribution in [3.8, 4) is 0 Å². The zero-order valence-corrected chi connectivity index (χ0v) is 13.0. The van der Waals surface area contributed by atoms with Gasteiger partial charge >= 0.3 is 24.1 Å². The molecule has 1 rings (SSSR count). The number of rotatable bonds is 4. The number of carbonyl (C=O) groups is 4. The third-order valence-electron chi connectivity index (χ3n) is 2.36. The molecule has 0 aliphatic carbocycles. The summed E-state index contributed by atoms with van der Waals surface area (Å²) in [6.07, 6.45) is -1.81. The molecule has 0 atom stereocenters. The molecule has 2 N–H and O–H groups in total. The molecule has 0 heterocycles. The first-order valence-corrected chi connectivity index (χ1v) is 6.85. The van der Waals surface area contributed by atoms with Crippen LogP contribution in [0.1, 0.15) is 34.6 Å². The number of benzene rings is 1. The smallest absolute Gasteiger partial charge is 0.440 e. The SMILES string of the molecule is CCOC(=O)NOC(=O)c1ccc(C(=O)ONC(=O)OCC)cc1. The lowest BCUT2D eigenvalue weighted by molar-refractivity contribution is 0.0208. The summed E-state index contributed by atoms with van der Waals surface area (Å²) >= 11 is 0. The summed E-state index contributed by atoms with van der Waals surface area (Å²) in [4.78, 5) is 54.2. The van der Waals surface area contributed by atoms with Crippen LogP contribution >= 0.6 is 0 Å². The maximum atomic E-state index is 11.6. The first kappa shape index (κ1) is 18.7. The average Bonchev–Trinajstić information content (AvgIpc) is 2.58. The van der Waals surface area contributed by atoms with Gasteiger partial charge in [0.1, 0.15) is 0 Å². The lowest BCUT2D eigenvalue weighted by Gasteiger charge is -2.07. The van der Waals surface area contributed by atoms with Crippen molar-refractivity contribution < 1.29 is 38.3 Å². The van der Waals surface area contributed by atoms with E-state index >= 15 is 0 Å². The fraction of sp³-hybridized carbons (Fsp3) is 0.286. The van der Waals surface area contributed by atoms with E-state index in [-0.39, 0.29) is 24.3 Å². The van der Waals surface area contributed by atoms with E-state index in [1.807, 2.05) is 0 Å². The fourth-order valence-electron chi connectivity index (χ4n) is 1.36. The maximum Gasteiger partial charge on any atom is 0.440 e. The summed E-state index contributed by atoms with van der Waals surface area (Å²) in [6.45, 7) is 3.44. The Bertz CT molecular complexity index is 546. The molecule has 0 aliphatic rings. The van der Waals surface area contributed by atoms with Gasteiger partial charge in [-0.25, -0.2) is 19.2 Å². The van der Waals surface area contributed by atoms with E-state index in [4.69, 9.17) is 0 Å². The van der Waals surface area contributed by atoms with Crippen LogP contribution in [0.15, 0.2) is 24.3 Å². The van der Waals surface area contributed by atoms with Crippen LogP contribution < -0.4 is 11.0 Å². The average molecular weight is 340 g/mol. The quantitative estimate of drug-likeness (QED) is 0.620. The van der Waals surface area contributed by atoms with Gasteiger partial charge in [0.05, 0.1) is 24.3 Å². The molecule has 0 spiro atoms. The van der Waals surface area contributed by atoms with Crippen molar-refractivity contribution in [1.29, 1.82) is 0 Å². The summed E-state index contributed by atoms with van der Waals surface area (Å²) in [5.74, 6) is -1.71. The number of hydrogen-bond acceptors (Lipinski definition) is 8. The summed E-state index contributed by atoms with van der Waals surface area (Å²) in [5.41, 5.74) is 3.74. The molecule has 0 saturated carbocycles. The van der Waals surface area contributed by atoms with Gasteiger partial charge in [0.2, 0.25) is 0 Å². The van der Waals surface area contributed by atoms with Crippen molar-refractivity contribution in [2.24, 2.45) is 0 Å². The number of amides is 2. The van der Waals surface area contributed by atoms with Gasteiger partial charge in [-0.05, 0) is 38.1 Å². The van der Waals surface area contributed by atoms with E-state index < -0.39 is 24.1 Å². The van der Waals surface area contributed by atoms with Crippen LogP contribution in [-0.2, 0) is 19.1 Å². The van der Waals surface area contributed by atoms with Crippen LogP contribution in [0.25, 0.3) is 0 Å². The van der Waals surface area contributed by atoms with Crippen LogP contribution in [0, 0.1) is 0 Å². The Labute approximate surface area is 136 Å². The molecule has 0 aliphatic heterocycles. The molecular formula is C14H16N2O8. The third-order valence-corrected chi connectivity index (χ3v) is 2.36. The molecule has 2 amide bonds. The van der Waals surface area contributed by atoms with Gasteiger partial charge in [-0.3, -0.25) is 0 Å². The molecule has 1 aromatic rings. The highest BCUT2D eigenvalue weighted by Gasteiger charge is 2.14. The van der Waals surface area contributed by atoms with Gasteiger partial charge in [-0.15, -0.1) is 11.0 Å². The van der Waals surface area contributed by atoms with E-state index in [2.05, 4.69) is 19.1 Å². The van der Waals surface area contributed by atoms with Crippen molar-refractivity contribution in [3.05, 3.63) is 35.4 Å². The minimum atomic E-state index is -0.906. The Balaban J connectivity index is 2.52. The standard InChI is InChI=1S/C14H16N2O8/c1-3-21-13(19)15-23-11(17)9-5-7-10(8-6-9)12(18)24-16-14(20)22-4-2/h5-8H,3-4H2,1-2H3,(H,15,19)(H,16,20). The highest BCUT2D eigenvalue weighted by atomic mass is 16.7. The van der Waals surface area contributed by atoms with Crippen LogP contribution in [0.4, 0.5) is 9.59 Å².